The minimum atomic E-state index is -0.888. The van der Waals surface area contributed by atoms with Crippen LogP contribution in [0.15, 0.2) is 0 Å². The van der Waals surface area contributed by atoms with Crippen molar-refractivity contribution in [2.75, 3.05) is 13.1 Å². The van der Waals surface area contributed by atoms with Gasteiger partial charge in [0.1, 0.15) is 0 Å². The van der Waals surface area contributed by atoms with Crippen LogP contribution in [-0.2, 0) is 4.79 Å². The zero-order valence-electron chi connectivity index (χ0n) is 38.2. The molecule has 4 heteroatoms. The number of rotatable bonds is 47. The molecule has 0 aliphatic heterocycles. The third-order valence-electron chi connectivity index (χ3n) is 12.3. The molecule has 318 valence electrons. The molecular formula is C50H100KNO2. The molecule has 0 fully saturated rings. The fraction of sp³-hybridized carbons (Fsp3) is 0.980. The van der Waals surface area contributed by atoms with Gasteiger partial charge in [0.15, 0.2) is 0 Å². The van der Waals surface area contributed by atoms with Gasteiger partial charge in [-0.2, -0.15) is 0 Å². The van der Waals surface area contributed by atoms with Crippen molar-refractivity contribution in [1.29, 1.82) is 0 Å². The maximum Gasteiger partial charge on any atom is 1.00 e. The van der Waals surface area contributed by atoms with Crippen LogP contribution >= 0.6 is 0 Å². The standard InChI is InChI=1S/C50H101NO2.K/c1-4-7-9-11-13-15-17-19-21-23-25-27-29-31-33-35-37-39-41-43-47-51(49(6-3)45-46-50(52)53)48-44-42-40-38-36-34-32-30-28-26-24-22-20-18-16-14-12-10-8-5-2;/h49H,4-48H2,1-3H3,(H,52,53);/q;+1/p-1. The Morgan fingerprint density at radius 1 is 0.370 bits per heavy atom. The Bertz CT molecular complexity index is 644. The molecule has 0 aromatic rings. The van der Waals surface area contributed by atoms with Gasteiger partial charge in [-0.15, -0.1) is 0 Å². The number of carboxylic acids is 1. The van der Waals surface area contributed by atoms with Crippen LogP contribution in [0.2, 0.25) is 0 Å². The Kier molecular flexibility index (Phi) is 53.1. The molecule has 0 aromatic carbocycles. The average Bonchev–Trinajstić information content (AvgIpc) is 3.16. The van der Waals surface area contributed by atoms with Gasteiger partial charge in [0, 0.05) is 12.0 Å². The van der Waals surface area contributed by atoms with E-state index in [4.69, 9.17) is 0 Å². The summed E-state index contributed by atoms with van der Waals surface area (Å²) in [6.07, 6.45) is 58.8. The second kappa shape index (κ2) is 50.2. The number of carbonyl (C=O) groups is 1. The SMILES string of the molecule is CCCCCCCCCCCCCCCCCCCCCCN(CCCCCCCCCCCCCCCCCCCCCC)C(CC)CCC(=O)[O-].[K+]. The minimum absolute atomic E-state index is 0. The van der Waals surface area contributed by atoms with Crippen molar-refractivity contribution in [1.82, 2.24) is 4.90 Å². The number of aliphatic carboxylic acids is 1. The Labute approximate surface area is 384 Å². The molecule has 3 nitrogen and oxygen atoms in total. The third-order valence-corrected chi connectivity index (χ3v) is 12.3. The van der Waals surface area contributed by atoms with Crippen LogP contribution in [-0.4, -0.2) is 30.0 Å². The average molecular weight is 786 g/mol. The Hall–Kier alpha value is 1.07. The molecule has 1 atom stereocenters. The molecule has 0 spiro atoms. The maximum atomic E-state index is 11.2. The summed E-state index contributed by atoms with van der Waals surface area (Å²) < 4.78 is 0. The number of nitrogens with zero attached hydrogens (tertiary/aromatic N) is 1. The van der Waals surface area contributed by atoms with Crippen LogP contribution < -0.4 is 56.5 Å². The van der Waals surface area contributed by atoms with Crippen molar-refractivity contribution < 1.29 is 61.3 Å². The largest absolute Gasteiger partial charge is 1.00 e. The first-order valence-corrected chi connectivity index (χ1v) is 25.1. The van der Waals surface area contributed by atoms with Crippen LogP contribution in [0.3, 0.4) is 0 Å². The molecule has 0 aromatic heterocycles. The zero-order valence-corrected chi connectivity index (χ0v) is 41.3. The number of hydrogen-bond acceptors (Lipinski definition) is 3. The molecule has 0 N–H and O–H groups in total. The molecule has 0 aliphatic rings. The van der Waals surface area contributed by atoms with E-state index in [1.165, 1.54) is 257 Å². The summed E-state index contributed by atoms with van der Waals surface area (Å²) in [6.45, 7) is 9.13. The Morgan fingerprint density at radius 2 is 0.574 bits per heavy atom. The number of carboxylic acid groups (broad SMARTS) is 1. The summed E-state index contributed by atoms with van der Waals surface area (Å²) in [6, 6.07) is 0.397. The molecule has 54 heavy (non-hydrogen) atoms. The van der Waals surface area contributed by atoms with E-state index >= 15 is 0 Å². The quantitative estimate of drug-likeness (QED) is 0.0456. The molecule has 0 amide bonds. The van der Waals surface area contributed by atoms with Crippen LogP contribution in [0, 0.1) is 0 Å². The second-order valence-corrected chi connectivity index (χ2v) is 17.4. The van der Waals surface area contributed by atoms with Crippen molar-refractivity contribution in [3.63, 3.8) is 0 Å². The van der Waals surface area contributed by atoms with Crippen molar-refractivity contribution >= 4 is 5.97 Å². The van der Waals surface area contributed by atoms with Gasteiger partial charge in [0.05, 0.1) is 0 Å². The Morgan fingerprint density at radius 3 is 0.759 bits per heavy atom. The van der Waals surface area contributed by atoms with Crippen molar-refractivity contribution in [3.8, 4) is 0 Å². The fourth-order valence-corrected chi connectivity index (χ4v) is 8.55. The van der Waals surface area contributed by atoms with E-state index in [2.05, 4.69) is 25.7 Å². The van der Waals surface area contributed by atoms with Gasteiger partial charge in [-0.3, -0.25) is 0 Å². The van der Waals surface area contributed by atoms with E-state index in [-0.39, 0.29) is 57.8 Å². The molecular weight excluding hydrogens is 686 g/mol. The van der Waals surface area contributed by atoms with Crippen LogP contribution in [0.1, 0.15) is 297 Å². The summed E-state index contributed by atoms with van der Waals surface area (Å²) in [7, 11) is 0. The van der Waals surface area contributed by atoms with Crippen LogP contribution in [0.4, 0.5) is 0 Å². The Balaban J connectivity index is 0. The van der Waals surface area contributed by atoms with Gasteiger partial charge in [0.2, 0.25) is 0 Å². The van der Waals surface area contributed by atoms with Gasteiger partial charge >= 0.3 is 51.4 Å². The van der Waals surface area contributed by atoms with E-state index < -0.39 is 5.97 Å². The van der Waals surface area contributed by atoms with Gasteiger partial charge in [-0.25, -0.2) is 0 Å². The van der Waals surface area contributed by atoms with Gasteiger partial charge in [-0.05, 0) is 45.2 Å². The number of carbonyl (C=O) groups excluding carboxylic acids is 1. The van der Waals surface area contributed by atoms with E-state index in [0.717, 1.165) is 25.9 Å². The molecule has 0 aliphatic carbocycles. The first kappa shape index (κ1) is 57.2. The predicted octanol–water partition coefficient (Wildman–Crippen LogP) is 13.2. The van der Waals surface area contributed by atoms with Crippen molar-refractivity contribution in [2.45, 2.75) is 303 Å². The van der Waals surface area contributed by atoms with Crippen LogP contribution in [0.25, 0.3) is 0 Å². The number of hydrogen-bond donors (Lipinski definition) is 0. The molecule has 0 heterocycles. The van der Waals surface area contributed by atoms with E-state index in [1.54, 1.807) is 0 Å². The summed E-state index contributed by atoms with van der Waals surface area (Å²) >= 11 is 0. The maximum absolute atomic E-state index is 11.2. The third kappa shape index (κ3) is 45.8. The minimum Gasteiger partial charge on any atom is -0.550 e. The first-order valence-electron chi connectivity index (χ1n) is 25.1. The molecule has 0 bridgehead atoms. The second-order valence-electron chi connectivity index (χ2n) is 17.4. The van der Waals surface area contributed by atoms with Gasteiger partial charge in [-0.1, -0.05) is 265 Å². The zero-order chi connectivity index (χ0) is 38.6. The van der Waals surface area contributed by atoms with Crippen molar-refractivity contribution in [3.05, 3.63) is 0 Å². The summed E-state index contributed by atoms with van der Waals surface area (Å²) in [5, 5.41) is 11.2. The van der Waals surface area contributed by atoms with Crippen LogP contribution in [0.5, 0.6) is 0 Å². The van der Waals surface area contributed by atoms with E-state index in [1.807, 2.05) is 0 Å². The van der Waals surface area contributed by atoms with Gasteiger partial charge < -0.3 is 14.8 Å². The first-order chi connectivity index (χ1) is 26.2. The smallest absolute Gasteiger partial charge is 0.550 e. The summed E-state index contributed by atoms with van der Waals surface area (Å²) in [4.78, 5) is 13.9. The van der Waals surface area contributed by atoms with Gasteiger partial charge in [0.25, 0.3) is 0 Å². The molecule has 0 radical (unpaired) electrons. The monoisotopic (exact) mass is 786 g/mol. The van der Waals surface area contributed by atoms with E-state index in [9.17, 15) is 9.90 Å². The van der Waals surface area contributed by atoms with E-state index in [0.29, 0.717) is 6.04 Å². The fourth-order valence-electron chi connectivity index (χ4n) is 8.55. The molecule has 1 unspecified atom stereocenters. The molecule has 0 saturated heterocycles. The van der Waals surface area contributed by atoms with Crippen molar-refractivity contribution in [2.24, 2.45) is 0 Å². The number of unbranched alkanes of at least 4 members (excludes halogenated alkanes) is 38. The molecule has 0 saturated carbocycles. The predicted molar refractivity (Wildman–Crippen MR) is 236 cm³/mol. The summed E-state index contributed by atoms with van der Waals surface area (Å²) in [5.41, 5.74) is 0. The summed E-state index contributed by atoms with van der Waals surface area (Å²) in [5.74, 6) is -0.888. The normalized spacial score (nSPS) is 12.1. The topological polar surface area (TPSA) is 43.4 Å². The molecule has 0 rings (SSSR count).